The summed E-state index contributed by atoms with van der Waals surface area (Å²) < 4.78 is 37.2. The van der Waals surface area contributed by atoms with Crippen LogP contribution >= 0.6 is 24.8 Å². The highest BCUT2D eigenvalue weighted by Crippen LogP contribution is 2.30. The topological polar surface area (TPSA) is 28.2 Å². The van der Waals surface area contributed by atoms with E-state index >= 15 is 0 Å². The molecular formula is C10H14Cl2F3N3. The second-order valence-electron chi connectivity index (χ2n) is 3.77. The highest BCUT2D eigenvalue weighted by molar-refractivity contribution is 5.85. The summed E-state index contributed by atoms with van der Waals surface area (Å²) in [6.45, 7) is 1.71. The van der Waals surface area contributed by atoms with E-state index in [2.05, 4.69) is 10.4 Å². The van der Waals surface area contributed by atoms with E-state index in [4.69, 9.17) is 0 Å². The lowest BCUT2D eigenvalue weighted by molar-refractivity contribution is -0.137. The van der Waals surface area contributed by atoms with E-state index in [-0.39, 0.29) is 24.8 Å². The van der Waals surface area contributed by atoms with Crippen molar-refractivity contribution in [2.75, 3.05) is 18.5 Å². The number of hydrazine groups is 1. The SMILES string of the molecule is Cl.Cl.FC(F)(F)c1cncc(NN2CCCC2)c1. The van der Waals surface area contributed by atoms with Crippen LogP contribution in [0.5, 0.6) is 0 Å². The van der Waals surface area contributed by atoms with Crippen LogP contribution in [0.2, 0.25) is 0 Å². The first-order valence-corrected chi connectivity index (χ1v) is 5.09. The molecule has 0 aliphatic carbocycles. The maximum Gasteiger partial charge on any atom is 0.417 e. The minimum absolute atomic E-state index is 0. The Bertz CT molecular complexity index is 368. The second-order valence-corrected chi connectivity index (χ2v) is 3.77. The molecule has 0 spiro atoms. The van der Waals surface area contributed by atoms with Crippen LogP contribution in [0, 0.1) is 0 Å². The van der Waals surface area contributed by atoms with Crippen molar-refractivity contribution in [1.82, 2.24) is 9.99 Å². The van der Waals surface area contributed by atoms with Crippen molar-refractivity contribution in [3.05, 3.63) is 24.0 Å². The zero-order chi connectivity index (χ0) is 11.6. The number of halogens is 5. The minimum Gasteiger partial charge on any atom is -0.317 e. The number of alkyl halides is 3. The first-order valence-electron chi connectivity index (χ1n) is 5.09. The Morgan fingerprint density at radius 2 is 1.72 bits per heavy atom. The number of anilines is 1. The molecule has 104 valence electrons. The molecule has 1 aliphatic rings. The molecule has 1 N–H and O–H groups in total. The van der Waals surface area contributed by atoms with Crippen LogP contribution in [-0.4, -0.2) is 23.1 Å². The average Bonchev–Trinajstić information content (AvgIpc) is 2.70. The van der Waals surface area contributed by atoms with Gasteiger partial charge in [0.2, 0.25) is 0 Å². The van der Waals surface area contributed by atoms with Crippen LogP contribution in [0.15, 0.2) is 18.5 Å². The van der Waals surface area contributed by atoms with Gasteiger partial charge in [0.25, 0.3) is 0 Å². The molecule has 8 heteroatoms. The van der Waals surface area contributed by atoms with Gasteiger partial charge in [0.15, 0.2) is 0 Å². The largest absolute Gasteiger partial charge is 0.417 e. The van der Waals surface area contributed by atoms with Crippen molar-refractivity contribution in [3.8, 4) is 0 Å². The molecule has 0 amide bonds. The van der Waals surface area contributed by atoms with E-state index in [1.54, 1.807) is 0 Å². The van der Waals surface area contributed by atoms with Gasteiger partial charge in [0, 0.05) is 19.3 Å². The highest BCUT2D eigenvalue weighted by Gasteiger charge is 2.31. The van der Waals surface area contributed by atoms with Gasteiger partial charge in [-0.2, -0.15) is 13.2 Å². The zero-order valence-corrected chi connectivity index (χ0v) is 11.0. The average molecular weight is 304 g/mol. The quantitative estimate of drug-likeness (QED) is 0.908. The van der Waals surface area contributed by atoms with Crippen molar-refractivity contribution >= 4 is 30.5 Å². The van der Waals surface area contributed by atoms with Gasteiger partial charge in [-0.05, 0) is 18.9 Å². The Balaban J connectivity index is 0.00000144. The molecule has 1 saturated heterocycles. The van der Waals surface area contributed by atoms with E-state index in [0.717, 1.165) is 38.2 Å². The standard InChI is InChI=1S/C10H12F3N3.2ClH/c11-10(12,13)8-5-9(7-14-6-8)15-16-3-1-2-4-16;;/h5-7,15H,1-4H2;2*1H. The van der Waals surface area contributed by atoms with Crippen LogP contribution in [0.3, 0.4) is 0 Å². The molecule has 2 rings (SSSR count). The third-order valence-corrected chi connectivity index (χ3v) is 2.46. The minimum atomic E-state index is -4.34. The Kier molecular flexibility index (Phi) is 6.73. The summed E-state index contributed by atoms with van der Waals surface area (Å²) in [4.78, 5) is 3.58. The molecule has 1 aliphatic heterocycles. The molecule has 0 unspecified atom stereocenters. The second kappa shape index (κ2) is 7.01. The van der Waals surface area contributed by atoms with Gasteiger partial charge in [-0.3, -0.25) is 4.98 Å². The Morgan fingerprint density at radius 3 is 2.28 bits per heavy atom. The van der Waals surface area contributed by atoms with Gasteiger partial charge in [0.1, 0.15) is 0 Å². The summed E-state index contributed by atoms with van der Waals surface area (Å²) in [6, 6.07) is 1.07. The predicted molar refractivity (Wildman–Crippen MR) is 68.2 cm³/mol. The fourth-order valence-electron chi connectivity index (χ4n) is 1.67. The first-order chi connectivity index (χ1) is 7.55. The molecule has 3 nitrogen and oxygen atoms in total. The molecule has 1 aromatic heterocycles. The summed E-state index contributed by atoms with van der Waals surface area (Å²) in [7, 11) is 0. The molecule has 2 heterocycles. The van der Waals surface area contributed by atoms with Gasteiger partial charge in [0.05, 0.1) is 17.4 Å². The lowest BCUT2D eigenvalue weighted by atomic mass is 10.2. The van der Waals surface area contributed by atoms with Crippen LogP contribution in [0.25, 0.3) is 0 Å². The maximum absolute atomic E-state index is 12.4. The number of nitrogens with one attached hydrogen (secondary N) is 1. The molecule has 18 heavy (non-hydrogen) atoms. The molecule has 1 fully saturated rings. The van der Waals surface area contributed by atoms with E-state index in [0.29, 0.717) is 5.69 Å². The summed E-state index contributed by atoms with van der Waals surface area (Å²) >= 11 is 0. The van der Waals surface area contributed by atoms with Gasteiger partial charge in [-0.25, -0.2) is 5.01 Å². The number of aromatic nitrogens is 1. The summed E-state index contributed by atoms with van der Waals surface area (Å²) in [5, 5.41) is 1.90. The predicted octanol–water partition coefficient (Wildman–Crippen LogP) is 3.37. The van der Waals surface area contributed by atoms with Gasteiger partial charge < -0.3 is 5.43 Å². The molecule has 0 aromatic carbocycles. The van der Waals surface area contributed by atoms with E-state index < -0.39 is 11.7 Å². The van der Waals surface area contributed by atoms with E-state index in [9.17, 15) is 13.2 Å². The van der Waals surface area contributed by atoms with Gasteiger partial charge in [-0.1, -0.05) is 0 Å². The summed E-state index contributed by atoms with van der Waals surface area (Å²) in [5.74, 6) is 0. The van der Waals surface area contributed by atoms with Crippen molar-refractivity contribution in [2.45, 2.75) is 19.0 Å². The number of pyridine rings is 1. The monoisotopic (exact) mass is 303 g/mol. The molecule has 0 radical (unpaired) electrons. The Morgan fingerprint density at radius 1 is 1.11 bits per heavy atom. The van der Waals surface area contributed by atoms with Crippen molar-refractivity contribution in [2.24, 2.45) is 0 Å². The zero-order valence-electron chi connectivity index (χ0n) is 9.41. The number of hydrogen-bond donors (Lipinski definition) is 1. The number of rotatable bonds is 2. The van der Waals surface area contributed by atoms with Crippen LogP contribution < -0.4 is 5.43 Å². The number of nitrogens with zero attached hydrogens (tertiary/aromatic N) is 2. The van der Waals surface area contributed by atoms with Crippen molar-refractivity contribution in [1.29, 1.82) is 0 Å². The van der Waals surface area contributed by atoms with Crippen molar-refractivity contribution < 1.29 is 13.2 Å². The van der Waals surface area contributed by atoms with E-state index in [1.807, 2.05) is 5.01 Å². The molecule has 0 saturated carbocycles. The lowest BCUT2D eigenvalue weighted by Gasteiger charge is -2.18. The van der Waals surface area contributed by atoms with E-state index in [1.165, 1.54) is 6.20 Å². The summed E-state index contributed by atoms with van der Waals surface area (Å²) in [6.07, 6.45) is 0.0250. The van der Waals surface area contributed by atoms with Crippen molar-refractivity contribution in [3.63, 3.8) is 0 Å². The molecule has 0 atom stereocenters. The first kappa shape index (κ1) is 17.3. The van der Waals surface area contributed by atoms with Crippen LogP contribution in [0.1, 0.15) is 18.4 Å². The Labute approximate surface area is 116 Å². The fraction of sp³-hybridized carbons (Fsp3) is 0.500. The molecular weight excluding hydrogens is 290 g/mol. The smallest absolute Gasteiger partial charge is 0.317 e. The lowest BCUT2D eigenvalue weighted by Crippen LogP contribution is -2.26. The molecule has 0 bridgehead atoms. The normalized spacial score (nSPS) is 15.7. The van der Waals surface area contributed by atoms with Gasteiger partial charge >= 0.3 is 6.18 Å². The fourth-order valence-corrected chi connectivity index (χ4v) is 1.67. The third-order valence-electron chi connectivity index (χ3n) is 2.46. The van der Waals surface area contributed by atoms with Crippen LogP contribution in [0.4, 0.5) is 18.9 Å². The third kappa shape index (κ3) is 4.51. The van der Waals surface area contributed by atoms with Gasteiger partial charge in [-0.15, -0.1) is 24.8 Å². The summed E-state index contributed by atoms with van der Waals surface area (Å²) in [5.41, 5.74) is 2.58. The highest BCUT2D eigenvalue weighted by atomic mass is 35.5. The Hall–Kier alpha value is -0.720. The van der Waals surface area contributed by atoms with Crippen LogP contribution in [-0.2, 0) is 6.18 Å². The molecule has 1 aromatic rings. The number of hydrogen-bond acceptors (Lipinski definition) is 3. The maximum atomic E-state index is 12.4.